The predicted molar refractivity (Wildman–Crippen MR) is 103 cm³/mol. The van der Waals surface area contributed by atoms with E-state index in [0.29, 0.717) is 5.69 Å². The molecule has 0 bridgehead atoms. The summed E-state index contributed by atoms with van der Waals surface area (Å²) in [4.78, 5) is 35.6. The van der Waals surface area contributed by atoms with Crippen LogP contribution in [0.4, 0.5) is 5.69 Å². The molecule has 27 heavy (non-hydrogen) atoms. The minimum atomic E-state index is -0.561. The van der Waals surface area contributed by atoms with Gasteiger partial charge >= 0.3 is 5.97 Å². The zero-order chi connectivity index (χ0) is 19.8. The van der Waals surface area contributed by atoms with Crippen LogP contribution in [-0.2, 0) is 19.1 Å². The number of hydrogen-bond acceptors (Lipinski definition) is 4. The maximum Gasteiger partial charge on any atom is 0.308 e. The Kier molecular flexibility index (Phi) is 7.11. The third-order valence-corrected chi connectivity index (χ3v) is 4.19. The highest BCUT2D eigenvalue weighted by Crippen LogP contribution is 2.19. The minimum absolute atomic E-state index is 0.0552. The van der Waals surface area contributed by atoms with E-state index in [1.54, 1.807) is 6.07 Å². The van der Waals surface area contributed by atoms with Crippen LogP contribution in [0.15, 0.2) is 48.5 Å². The summed E-state index contributed by atoms with van der Waals surface area (Å²) in [5, 5.41) is 5.47. The topological polar surface area (TPSA) is 84.5 Å². The standard InChI is InChI=1S/C21H24N2O4/c1-14-8-7-11-18(15(14)2)23-20(25)13-27-21(26)12-19(22-16(3)24)17-9-5-4-6-10-17/h4-11,19H,12-13H2,1-3H3,(H,22,24)(H,23,25)/t19-/m1/s1. The molecule has 0 aliphatic heterocycles. The molecule has 2 amide bonds. The Bertz CT molecular complexity index is 818. The Balaban J connectivity index is 1.90. The zero-order valence-corrected chi connectivity index (χ0v) is 15.7. The van der Waals surface area contributed by atoms with Gasteiger partial charge in [-0.15, -0.1) is 0 Å². The van der Waals surface area contributed by atoms with Gasteiger partial charge in [0.15, 0.2) is 6.61 Å². The smallest absolute Gasteiger partial charge is 0.308 e. The van der Waals surface area contributed by atoms with Crippen molar-refractivity contribution in [2.75, 3.05) is 11.9 Å². The van der Waals surface area contributed by atoms with Crippen LogP contribution < -0.4 is 10.6 Å². The number of anilines is 1. The monoisotopic (exact) mass is 368 g/mol. The Labute approximate surface area is 158 Å². The van der Waals surface area contributed by atoms with E-state index in [4.69, 9.17) is 4.74 Å². The number of benzene rings is 2. The summed E-state index contributed by atoms with van der Waals surface area (Å²) in [6, 6.07) is 14.2. The van der Waals surface area contributed by atoms with Crippen molar-refractivity contribution in [2.45, 2.75) is 33.2 Å². The third-order valence-electron chi connectivity index (χ3n) is 4.19. The normalized spacial score (nSPS) is 11.4. The fourth-order valence-electron chi connectivity index (χ4n) is 2.63. The highest BCUT2D eigenvalue weighted by molar-refractivity contribution is 5.93. The first-order valence-corrected chi connectivity index (χ1v) is 8.70. The number of esters is 1. The van der Waals surface area contributed by atoms with Gasteiger partial charge in [0, 0.05) is 12.6 Å². The lowest BCUT2D eigenvalue weighted by Gasteiger charge is -2.17. The van der Waals surface area contributed by atoms with Crippen molar-refractivity contribution in [2.24, 2.45) is 0 Å². The second kappa shape index (κ2) is 9.52. The summed E-state index contributed by atoms with van der Waals surface area (Å²) >= 11 is 0. The second-order valence-corrected chi connectivity index (χ2v) is 6.32. The van der Waals surface area contributed by atoms with Crippen LogP contribution in [0, 0.1) is 13.8 Å². The van der Waals surface area contributed by atoms with Crippen LogP contribution in [0.3, 0.4) is 0 Å². The molecule has 0 heterocycles. The van der Waals surface area contributed by atoms with Crippen molar-refractivity contribution < 1.29 is 19.1 Å². The van der Waals surface area contributed by atoms with Gasteiger partial charge in [-0.2, -0.15) is 0 Å². The van der Waals surface area contributed by atoms with Gasteiger partial charge < -0.3 is 15.4 Å². The molecule has 2 aromatic carbocycles. The molecule has 0 saturated heterocycles. The van der Waals surface area contributed by atoms with Crippen molar-refractivity contribution in [3.05, 3.63) is 65.2 Å². The first-order valence-electron chi connectivity index (χ1n) is 8.70. The fourth-order valence-corrected chi connectivity index (χ4v) is 2.63. The lowest BCUT2D eigenvalue weighted by molar-refractivity contribution is -0.148. The van der Waals surface area contributed by atoms with Gasteiger partial charge in [0.05, 0.1) is 12.5 Å². The fraction of sp³-hybridized carbons (Fsp3) is 0.286. The van der Waals surface area contributed by atoms with Gasteiger partial charge in [-0.1, -0.05) is 42.5 Å². The number of amides is 2. The molecule has 0 radical (unpaired) electrons. The molecule has 0 aliphatic rings. The average molecular weight is 368 g/mol. The van der Waals surface area contributed by atoms with Gasteiger partial charge in [-0.3, -0.25) is 14.4 Å². The molecular formula is C21H24N2O4. The lowest BCUT2D eigenvalue weighted by Crippen LogP contribution is -2.29. The van der Waals surface area contributed by atoms with Crippen molar-refractivity contribution >= 4 is 23.5 Å². The van der Waals surface area contributed by atoms with Gasteiger partial charge in [0.2, 0.25) is 5.91 Å². The van der Waals surface area contributed by atoms with Crippen LogP contribution in [0.5, 0.6) is 0 Å². The first kappa shape index (κ1) is 20.2. The van der Waals surface area contributed by atoms with Gasteiger partial charge in [0.25, 0.3) is 5.91 Å². The van der Waals surface area contributed by atoms with Gasteiger partial charge in [-0.05, 0) is 36.6 Å². The van der Waals surface area contributed by atoms with Crippen LogP contribution in [-0.4, -0.2) is 24.4 Å². The Morgan fingerprint density at radius 3 is 2.37 bits per heavy atom. The molecule has 0 saturated carbocycles. The quantitative estimate of drug-likeness (QED) is 0.736. The molecule has 2 aromatic rings. The Hall–Kier alpha value is -3.15. The molecule has 1 atom stereocenters. The van der Waals surface area contributed by atoms with Gasteiger partial charge in [-0.25, -0.2) is 0 Å². The molecule has 0 unspecified atom stereocenters. The molecule has 2 rings (SSSR count). The molecule has 142 valence electrons. The number of carbonyl (C=O) groups excluding carboxylic acids is 3. The highest BCUT2D eigenvalue weighted by atomic mass is 16.5. The summed E-state index contributed by atoms with van der Waals surface area (Å²) in [6.07, 6.45) is -0.0552. The molecule has 0 fully saturated rings. The first-order chi connectivity index (χ1) is 12.9. The maximum absolute atomic E-state index is 12.1. The number of hydrogen-bond donors (Lipinski definition) is 2. The number of ether oxygens (including phenoxy) is 1. The van der Waals surface area contributed by atoms with Crippen LogP contribution in [0.25, 0.3) is 0 Å². The number of aryl methyl sites for hydroxylation is 1. The van der Waals surface area contributed by atoms with Crippen LogP contribution in [0.1, 0.15) is 36.1 Å². The van der Waals surface area contributed by atoms with E-state index in [1.165, 1.54) is 6.92 Å². The van der Waals surface area contributed by atoms with Crippen molar-refractivity contribution in [1.29, 1.82) is 0 Å². The number of nitrogens with one attached hydrogen (secondary N) is 2. The molecule has 0 aliphatic carbocycles. The van der Waals surface area contributed by atoms with E-state index in [0.717, 1.165) is 16.7 Å². The van der Waals surface area contributed by atoms with Crippen LogP contribution in [0.2, 0.25) is 0 Å². The highest BCUT2D eigenvalue weighted by Gasteiger charge is 2.19. The van der Waals surface area contributed by atoms with E-state index in [1.807, 2.05) is 56.3 Å². The SMILES string of the molecule is CC(=O)N[C@H](CC(=O)OCC(=O)Nc1cccc(C)c1C)c1ccccc1. The summed E-state index contributed by atoms with van der Waals surface area (Å²) in [5.41, 5.74) is 3.51. The van der Waals surface area contributed by atoms with Crippen LogP contribution >= 0.6 is 0 Å². The van der Waals surface area contributed by atoms with E-state index in [-0.39, 0.29) is 18.9 Å². The summed E-state index contributed by atoms with van der Waals surface area (Å²) < 4.78 is 5.08. The average Bonchev–Trinajstić information content (AvgIpc) is 2.64. The van der Waals surface area contributed by atoms with E-state index >= 15 is 0 Å². The zero-order valence-electron chi connectivity index (χ0n) is 15.7. The van der Waals surface area contributed by atoms with Crippen molar-refractivity contribution in [1.82, 2.24) is 5.32 Å². The lowest BCUT2D eigenvalue weighted by atomic mass is 10.0. The predicted octanol–water partition coefficient (Wildman–Crippen LogP) is 3.05. The molecule has 6 nitrogen and oxygen atoms in total. The molecule has 0 aromatic heterocycles. The van der Waals surface area contributed by atoms with E-state index in [2.05, 4.69) is 10.6 Å². The van der Waals surface area contributed by atoms with E-state index < -0.39 is 17.9 Å². The summed E-state index contributed by atoms with van der Waals surface area (Å²) in [5.74, 6) is -1.22. The minimum Gasteiger partial charge on any atom is -0.455 e. The Morgan fingerprint density at radius 2 is 1.70 bits per heavy atom. The Morgan fingerprint density at radius 1 is 1.00 bits per heavy atom. The summed E-state index contributed by atoms with van der Waals surface area (Å²) in [7, 11) is 0. The molecule has 6 heteroatoms. The molecular weight excluding hydrogens is 344 g/mol. The molecule has 2 N–H and O–H groups in total. The largest absolute Gasteiger partial charge is 0.455 e. The molecule has 0 spiro atoms. The third kappa shape index (κ3) is 6.26. The van der Waals surface area contributed by atoms with Crippen molar-refractivity contribution in [3.8, 4) is 0 Å². The summed E-state index contributed by atoms with van der Waals surface area (Å²) in [6.45, 7) is 4.87. The second-order valence-electron chi connectivity index (χ2n) is 6.32. The van der Waals surface area contributed by atoms with Crippen molar-refractivity contribution in [3.63, 3.8) is 0 Å². The van der Waals surface area contributed by atoms with Gasteiger partial charge in [0.1, 0.15) is 0 Å². The number of rotatable bonds is 7. The maximum atomic E-state index is 12.1. The number of carbonyl (C=O) groups is 3. The van der Waals surface area contributed by atoms with E-state index in [9.17, 15) is 14.4 Å².